The Labute approximate surface area is 296 Å². The molecule has 0 aromatic heterocycles. The first kappa shape index (κ1) is 35.8. The van der Waals surface area contributed by atoms with E-state index in [0.29, 0.717) is 3.63 Å². The largest absolute Gasteiger partial charge is 1.00 e. The van der Waals surface area contributed by atoms with Gasteiger partial charge in [-0.15, -0.1) is 0 Å². The van der Waals surface area contributed by atoms with Crippen LogP contribution in [0.4, 0.5) is 0 Å². The molecule has 0 amide bonds. The van der Waals surface area contributed by atoms with Crippen molar-refractivity contribution in [2.24, 2.45) is 0 Å². The quantitative estimate of drug-likeness (QED) is 0.255. The summed E-state index contributed by atoms with van der Waals surface area (Å²) in [5, 5.41) is 0.800. The Morgan fingerprint density at radius 2 is 1.31 bits per heavy atom. The molecule has 0 fully saturated rings. The molecule has 0 atom stereocenters. The number of aryl methyl sites for hydroxylation is 1. The normalized spacial score (nSPS) is 14.0. The van der Waals surface area contributed by atoms with Crippen LogP contribution in [0.3, 0.4) is 0 Å². The summed E-state index contributed by atoms with van der Waals surface area (Å²) in [6, 6.07) is 27.3. The number of fused-ring (bicyclic) bond motifs is 3. The Hall–Kier alpha value is -2.02. The van der Waals surface area contributed by atoms with Crippen LogP contribution in [0.25, 0.3) is 11.1 Å². The standard InChI is InChI=1S/C23H29.C13H9Cl.C5H5.2ClH.Zr/c1-14-9-16-11-17-10-15(2)21(23(6,7)8)13-19(17)18(16)12-20(14)22(3,4)5;14-13-8-4-7-12(10-13)9-11-5-2-1-3-6-11;1-2-4-5-3-1;;;/h9,12-13H,11H2,1-8H3;1-8,10H;1-5H;2*1H;/q;;;;;+2/p-2. The molecule has 4 aromatic rings. The minimum absolute atomic E-state index is 0. The van der Waals surface area contributed by atoms with Crippen LogP contribution in [-0.2, 0) is 38.5 Å². The zero-order valence-corrected chi connectivity index (χ0v) is 32.4. The van der Waals surface area contributed by atoms with E-state index in [9.17, 15) is 0 Å². The second-order valence-electron chi connectivity index (χ2n) is 14.4. The fourth-order valence-corrected chi connectivity index (χ4v) is 16.3. The van der Waals surface area contributed by atoms with Crippen LogP contribution in [0.15, 0.2) is 97.1 Å². The third kappa shape index (κ3) is 6.85. The third-order valence-corrected chi connectivity index (χ3v) is 17.8. The van der Waals surface area contributed by atoms with Gasteiger partial charge in [0.2, 0.25) is 0 Å². The van der Waals surface area contributed by atoms with Crippen molar-refractivity contribution in [3.8, 4) is 11.1 Å². The fourth-order valence-electron chi connectivity index (χ4n) is 7.38. The summed E-state index contributed by atoms with van der Waals surface area (Å²) in [6.07, 6.45) is 10.5. The molecule has 4 aromatic carbocycles. The van der Waals surface area contributed by atoms with Crippen LogP contribution in [0.5, 0.6) is 0 Å². The average Bonchev–Trinajstić information content (AvgIpc) is 3.58. The van der Waals surface area contributed by atoms with E-state index < -0.39 is 21.3 Å². The van der Waals surface area contributed by atoms with Gasteiger partial charge < -0.3 is 24.8 Å². The van der Waals surface area contributed by atoms with E-state index in [1.165, 1.54) is 53.3 Å². The molecule has 0 N–H and O–H groups in total. The number of hydrogen-bond acceptors (Lipinski definition) is 0. The van der Waals surface area contributed by atoms with E-state index in [-0.39, 0.29) is 35.6 Å². The van der Waals surface area contributed by atoms with Crippen LogP contribution in [0.1, 0.15) is 86.1 Å². The van der Waals surface area contributed by atoms with Gasteiger partial charge in [-0.2, -0.15) is 0 Å². The summed E-state index contributed by atoms with van der Waals surface area (Å²) >= 11 is 3.93. The molecule has 0 aliphatic heterocycles. The maximum Gasteiger partial charge on any atom is -1.00 e. The molecule has 232 valence electrons. The van der Waals surface area contributed by atoms with Gasteiger partial charge in [0.25, 0.3) is 0 Å². The number of rotatable bonds is 4. The zero-order valence-electron chi connectivity index (χ0n) is 27.7. The van der Waals surface area contributed by atoms with Gasteiger partial charge in [0.15, 0.2) is 0 Å². The van der Waals surface area contributed by atoms with Crippen LogP contribution >= 0.6 is 11.6 Å². The molecule has 6 rings (SSSR count). The van der Waals surface area contributed by atoms with Crippen molar-refractivity contribution < 1.29 is 46.1 Å². The number of halogens is 3. The van der Waals surface area contributed by atoms with Crippen LogP contribution in [0, 0.1) is 13.8 Å². The predicted octanol–water partition coefficient (Wildman–Crippen LogP) is 4.56. The maximum absolute atomic E-state index is 6.70. The summed E-state index contributed by atoms with van der Waals surface area (Å²) in [7, 11) is 0. The summed E-state index contributed by atoms with van der Waals surface area (Å²) in [5.74, 6) is 0. The molecule has 2 aliphatic rings. The van der Waals surface area contributed by atoms with Crippen molar-refractivity contribution in [2.75, 3.05) is 0 Å². The van der Waals surface area contributed by atoms with Crippen molar-refractivity contribution in [1.29, 1.82) is 0 Å². The van der Waals surface area contributed by atoms with Gasteiger partial charge in [-0.05, 0) is 0 Å². The molecule has 0 spiro atoms. The van der Waals surface area contributed by atoms with E-state index >= 15 is 0 Å². The van der Waals surface area contributed by atoms with E-state index in [0.717, 1.165) is 11.4 Å². The molecule has 0 saturated heterocycles. The Balaban J connectivity index is 0.00000230. The van der Waals surface area contributed by atoms with Crippen LogP contribution in [0.2, 0.25) is 8.65 Å². The van der Waals surface area contributed by atoms with Gasteiger partial charge in [0.05, 0.1) is 0 Å². The molecule has 0 bridgehead atoms. The molecule has 0 nitrogen and oxygen atoms in total. The van der Waals surface area contributed by atoms with Gasteiger partial charge in [0.1, 0.15) is 0 Å². The van der Waals surface area contributed by atoms with Crippen molar-refractivity contribution in [3.63, 3.8) is 0 Å². The first-order valence-corrected chi connectivity index (χ1v) is 19.8. The summed E-state index contributed by atoms with van der Waals surface area (Å²) < 4.78 is 3.65. The minimum atomic E-state index is -2.78. The SMILES string of the molecule is Cc1cc2c(cc1C(C)(C)C)-c1cc(C(C)(C)C)c(C)[c]([Zr+2](=[C](c3ccccc3)c3cccc(Cl)c3)[CH]3C=CC=C3)c1C2.[Cl-].[Cl-]. The smallest absolute Gasteiger partial charge is 1.00 e. The van der Waals surface area contributed by atoms with E-state index in [2.05, 4.69) is 146 Å². The number of allylic oxidation sites excluding steroid dienone is 4. The molecule has 0 radical (unpaired) electrons. The van der Waals surface area contributed by atoms with E-state index in [1.807, 2.05) is 6.07 Å². The third-order valence-electron chi connectivity index (χ3n) is 9.21. The number of benzene rings is 4. The minimum Gasteiger partial charge on any atom is -1.00 e. The van der Waals surface area contributed by atoms with Gasteiger partial charge in [0, 0.05) is 0 Å². The van der Waals surface area contributed by atoms with Crippen LogP contribution < -0.4 is 28.1 Å². The molecule has 4 heteroatoms. The Bertz CT molecular complexity index is 1820. The Morgan fingerprint density at radius 3 is 1.91 bits per heavy atom. The first-order valence-electron chi connectivity index (χ1n) is 15.6. The molecule has 0 unspecified atom stereocenters. The summed E-state index contributed by atoms with van der Waals surface area (Å²) in [4.78, 5) is 0. The van der Waals surface area contributed by atoms with E-state index in [1.54, 1.807) is 8.83 Å². The Kier molecular flexibility index (Phi) is 10.8. The van der Waals surface area contributed by atoms with Crippen molar-refractivity contribution in [2.45, 2.75) is 76.3 Å². The number of hydrogen-bond donors (Lipinski definition) is 0. The summed E-state index contributed by atoms with van der Waals surface area (Å²) in [6.45, 7) is 18.9. The summed E-state index contributed by atoms with van der Waals surface area (Å²) in [5.41, 5.74) is 14.6. The Morgan fingerprint density at radius 1 is 0.711 bits per heavy atom. The van der Waals surface area contributed by atoms with Crippen molar-refractivity contribution in [3.05, 3.63) is 147 Å². The monoisotopic (exact) mass is 730 g/mol. The predicted molar refractivity (Wildman–Crippen MR) is 184 cm³/mol. The van der Waals surface area contributed by atoms with Crippen LogP contribution in [-0.4, -0.2) is 3.21 Å². The molecular formula is C41H43Cl3Zr. The zero-order chi connectivity index (χ0) is 30.7. The topological polar surface area (TPSA) is 0 Å². The van der Waals surface area contributed by atoms with Gasteiger partial charge >= 0.3 is 273 Å². The fraction of sp³-hybridized carbons (Fsp3) is 0.293. The second kappa shape index (κ2) is 13.6. The van der Waals surface area contributed by atoms with Gasteiger partial charge in [-0.25, -0.2) is 0 Å². The van der Waals surface area contributed by atoms with E-state index in [4.69, 9.17) is 11.6 Å². The maximum atomic E-state index is 6.70. The molecule has 45 heavy (non-hydrogen) atoms. The second-order valence-corrected chi connectivity index (χ2v) is 21.0. The molecule has 0 saturated carbocycles. The van der Waals surface area contributed by atoms with Gasteiger partial charge in [-0.1, -0.05) is 0 Å². The van der Waals surface area contributed by atoms with Crippen molar-refractivity contribution in [1.82, 2.24) is 0 Å². The molecular weight excluding hydrogens is 690 g/mol. The first-order chi connectivity index (χ1) is 20.3. The molecule has 0 heterocycles. The molecule has 2 aliphatic carbocycles. The van der Waals surface area contributed by atoms with Crippen molar-refractivity contribution >= 4 is 18.1 Å². The van der Waals surface area contributed by atoms with Gasteiger partial charge in [-0.3, -0.25) is 0 Å². The average molecular weight is 733 g/mol.